The first-order valence-electron chi connectivity index (χ1n) is 11.3. The number of hydrogen-bond acceptors (Lipinski definition) is 9. The summed E-state index contributed by atoms with van der Waals surface area (Å²) in [4.78, 5) is 25.0. The monoisotopic (exact) mass is 498 g/mol. The Morgan fingerprint density at radius 3 is 2.91 bits per heavy atom. The number of aromatic nitrogens is 4. The number of methoxy groups -OCH3 is 1. The summed E-state index contributed by atoms with van der Waals surface area (Å²) < 4.78 is 18.5. The van der Waals surface area contributed by atoms with E-state index < -0.39 is 0 Å². The van der Waals surface area contributed by atoms with Crippen LogP contribution in [0.3, 0.4) is 0 Å². The Balaban J connectivity index is 1.46. The average Bonchev–Trinajstić information content (AvgIpc) is 3.59. The third-order valence-corrected chi connectivity index (χ3v) is 7.98. The van der Waals surface area contributed by atoms with Crippen molar-refractivity contribution >= 4 is 33.3 Å². The molecule has 1 fully saturated rings. The fourth-order valence-electron chi connectivity index (χ4n) is 4.30. The Kier molecular flexibility index (Phi) is 6.71. The van der Waals surface area contributed by atoms with Gasteiger partial charge in [-0.05, 0) is 43.9 Å². The van der Waals surface area contributed by atoms with E-state index in [1.54, 1.807) is 23.0 Å². The van der Waals surface area contributed by atoms with Crippen LogP contribution in [0.1, 0.15) is 36.1 Å². The van der Waals surface area contributed by atoms with Gasteiger partial charge < -0.3 is 14.0 Å². The first-order valence-corrected chi connectivity index (χ1v) is 13.1. The van der Waals surface area contributed by atoms with Crippen molar-refractivity contribution in [3.8, 4) is 17.1 Å². The summed E-state index contributed by atoms with van der Waals surface area (Å²) in [6.45, 7) is 5.37. The number of aryl methyl sites for hydroxylation is 2. The van der Waals surface area contributed by atoms with Gasteiger partial charge in [0.15, 0.2) is 5.16 Å². The highest BCUT2D eigenvalue weighted by atomic mass is 32.2. The number of hydrogen-bond donors (Lipinski definition) is 0. The third-order valence-electron chi connectivity index (χ3n) is 5.98. The third kappa shape index (κ3) is 4.37. The van der Waals surface area contributed by atoms with Gasteiger partial charge in [0.2, 0.25) is 11.7 Å². The van der Waals surface area contributed by atoms with Crippen LogP contribution in [-0.2, 0) is 23.5 Å². The summed E-state index contributed by atoms with van der Waals surface area (Å²) in [5.74, 6) is 2.01. The van der Waals surface area contributed by atoms with Gasteiger partial charge in [-0.2, -0.15) is 4.98 Å². The molecule has 1 unspecified atom stereocenters. The zero-order chi connectivity index (χ0) is 23.7. The molecule has 1 aliphatic heterocycles. The second-order valence-electron chi connectivity index (χ2n) is 8.12. The second kappa shape index (κ2) is 9.89. The van der Waals surface area contributed by atoms with E-state index in [0.29, 0.717) is 34.9 Å². The highest BCUT2D eigenvalue weighted by Gasteiger charge is 2.23. The molecule has 0 amide bonds. The molecule has 5 rings (SSSR count). The molecule has 178 valence electrons. The van der Waals surface area contributed by atoms with Crippen LogP contribution in [0.25, 0.3) is 21.6 Å². The zero-order valence-corrected chi connectivity index (χ0v) is 21.0. The van der Waals surface area contributed by atoms with Crippen molar-refractivity contribution in [2.45, 2.75) is 56.7 Å². The predicted octanol–water partition coefficient (Wildman–Crippen LogP) is 4.86. The number of thiophene rings is 1. The molecule has 4 heterocycles. The van der Waals surface area contributed by atoms with E-state index in [4.69, 9.17) is 19.0 Å². The van der Waals surface area contributed by atoms with E-state index in [9.17, 15) is 4.79 Å². The number of rotatable bonds is 8. The fourth-order valence-corrected chi connectivity index (χ4v) is 6.30. The predicted molar refractivity (Wildman–Crippen MR) is 133 cm³/mol. The van der Waals surface area contributed by atoms with Gasteiger partial charge in [0.1, 0.15) is 10.6 Å². The number of benzene rings is 1. The van der Waals surface area contributed by atoms with Gasteiger partial charge in [0, 0.05) is 11.5 Å². The van der Waals surface area contributed by atoms with Crippen molar-refractivity contribution in [1.82, 2.24) is 19.7 Å². The van der Waals surface area contributed by atoms with Crippen LogP contribution in [0, 0.1) is 6.92 Å². The van der Waals surface area contributed by atoms with Gasteiger partial charge in [-0.1, -0.05) is 36.0 Å². The van der Waals surface area contributed by atoms with Crippen LogP contribution in [0.4, 0.5) is 0 Å². The van der Waals surface area contributed by atoms with Crippen molar-refractivity contribution in [3.05, 3.63) is 51.0 Å². The number of para-hydroxylation sites is 1. The van der Waals surface area contributed by atoms with Gasteiger partial charge in [-0.25, -0.2) is 4.98 Å². The molecule has 0 N–H and O–H groups in total. The Labute approximate surface area is 205 Å². The lowest BCUT2D eigenvalue weighted by molar-refractivity contribution is 0.0937. The lowest BCUT2D eigenvalue weighted by atomic mass is 10.1. The van der Waals surface area contributed by atoms with Crippen LogP contribution in [0.2, 0.25) is 0 Å². The molecule has 0 radical (unpaired) electrons. The second-order valence-corrected chi connectivity index (χ2v) is 10.3. The maximum atomic E-state index is 13.6. The molecule has 8 nitrogen and oxygen atoms in total. The maximum Gasteiger partial charge on any atom is 0.263 e. The minimum atomic E-state index is 0.00411. The molecular weight excluding hydrogens is 472 g/mol. The zero-order valence-electron chi connectivity index (χ0n) is 19.4. The minimum absolute atomic E-state index is 0.00411. The smallest absolute Gasteiger partial charge is 0.263 e. The Morgan fingerprint density at radius 1 is 1.29 bits per heavy atom. The van der Waals surface area contributed by atoms with Gasteiger partial charge >= 0.3 is 0 Å². The van der Waals surface area contributed by atoms with Gasteiger partial charge in [-0.15, -0.1) is 11.3 Å². The summed E-state index contributed by atoms with van der Waals surface area (Å²) in [6.07, 6.45) is 2.80. The molecule has 0 bridgehead atoms. The minimum Gasteiger partial charge on any atom is -0.496 e. The highest BCUT2D eigenvalue weighted by molar-refractivity contribution is 7.98. The summed E-state index contributed by atoms with van der Waals surface area (Å²) >= 11 is 3.01. The first-order chi connectivity index (χ1) is 16.6. The summed E-state index contributed by atoms with van der Waals surface area (Å²) in [6, 6.07) is 7.54. The summed E-state index contributed by atoms with van der Waals surface area (Å²) in [5.41, 5.74) is 1.86. The molecular formula is C24H26N4O4S2. The van der Waals surface area contributed by atoms with Crippen LogP contribution >= 0.6 is 23.1 Å². The number of ether oxygens (including phenoxy) is 2. The van der Waals surface area contributed by atoms with E-state index in [1.807, 2.05) is 24.3 Å². The molecule has 1 aromatic carbocycles. The van der Waals surface area contributed by atoms with Crippen molar-refractivity contribution in [1.29, 1.82) is 0 Å². The standard InChI is InChI=1S/C24H26N4O4S2/c1-4-16-14(2)34-22-20(16)23(29)28(12-15-8-7-11-31-15)24(26-22)33-13-19-25-21(27-32-19)17-9-5-6-10-18(17)30-3/h5-6,9-10,15H,4,7-8,11-13H2,1-3H3. The van der Waals surface area contributed by atoms with Crippen molar-refractivity contribution < 1.29 is 14.0 Å². The topological polar surface area (TPSA) is 92.3 Å². The SMILES string of the molecule is CCc1c(C)sc2nc(SCc3nc(-c4ccccc4OC)no3)n(CC3CCCO3)c(=O)c12. The molecule has 3 aromatic heterocycles. The van der Waals surface area contributed by atoms with Crippen LogP contribution in [0.15, 0.2) is 38.7 Å². The van der Waals surface area contributed by atoms with E-state index in [0.717, 1.165) is 52.1 Å². The van der Waals surface area contributed by atoms with Gasteiger partial charge in [0.05, 0.1) is 36.5 Å². The Bertz CT molecular complexity index is 1370. The lowest BCUT2D eigenvalue weighted by Crippen LogP contribution is -2.29. The summed E-state index contributed by atoms with van der Waals surface area (Å²) in [5, 5.41) is 5.51. The molecule has 0 saturated carbocycles. The summed E-state index contributed by atoms with van der Waals surface area (Å²) in [7, 11) is 1.61. The quantitative estimate of drug-likeness (QED) is 0.251. The molecule has 10 heteroatoms. The van der Waals surface area contributed by atoms with Crippen LogP contribution in [-0.4, -0.2) is 39.5 Å². The van der Waals surface area contributed by atoms with Gasteiger partial charge in [-0.3, -0.25) is 9.36 Å². The van der Waals surface area contributed by atoms with Crippen molar-refractivity contribution in [3.63, 3.8) is 0 Å². The molecule has 0 spiro atoms. The number of fused-ring (bicyclic) bond motifs is 1. The Hall–Kier alpha value is -2.69. The van der Waals surface area contributed by atoms with E-state index in [-0.39, 0.29) is 11.7 Å². The molecule has 1 atom stereocenters. The average molecular weight is 499 g/mol. The van der Waals surface area contributed by atoms with Crippen molar-refractivity contribution in [2.75, 3.05) is 13.7 Å². The highest BCUT2D eigenvalue weighted by Crippen LogP contribution is 2.32. The molecule has 4 aromatic rings. The molecule has 0 aliphatic carbocycles. The van der Waals surface area contributed by atoms with E-state index in [1.165, 1.54) is 11.8 Å². The van der Waals surface area contributed by atoms with E-state index in [2.05, 4.69) is 24.0 Å². The van der Waals surface area contributed by atoms with Crippen LogP contribution < -0.4 is 10.3 Å². The molecule has 1 aliphatic rings. The van der Waals surface area contributed by atoms with Gasteiger partial charge in [0.25, 0.3) is 5.56 Å². The van der Waals surface area contributed by atoms with E-state index >= 15 is 0 Å². The fraction of sp³-hybridized carbons (Fsp3) is 0.417. The maximum absolute atomic E-state index is 13.6. The lowest BCUT2D eigenvalue weighted by Gasteiger charge is -2.15. The largest absolute Gasteiger partial charge is 0.496 e. The van der Waals surface area contributed by atoms with Crippen molar-refractivity contribution in [2.24, 2.45) is 0 Å². The molecule has 34 heavy (non-hydrogen) atoms. The van der Waals surface area contributed by atoms with Crippen LogP contribution in [0.5, 0.6) is 5.75 Å². The number of nitrogens with zero attached hydrogens (tertiary/aromatic N) is 4. The first kappa shape index (κ1) is 23.1. The number of thioether (sulfide) groups is 1. The Morgan fingerprint density at radius 2 is 2.15 bits per heavy atom. The normalized spacial score (nSPS) is 15.9. The molecule has 1 saturated heterocycles.